The molecule has 2 aliphatic rings. The maximum Gasteiger partial charge on any atom is 0.249 e. The Hall–Kier alpha value is -2.24. The van der Waals surface area contributed by atoms with Crippen molar-refractivity contribution in [2.75, 3.05) is 23.8 Å². The largest absolute Gasteiger partial charge is 0.487 e. The molecule has 2 amide bonds. The number of carbonyl (C=O) groups excluding carboxylic acids is 2. The third-order valence-electron chi connectivity index (χ3n) is 3.44. The fourth-order valence-corrected chi connectivity index (χ4v) is 2.49. The maximum absolute atomic E-state index is 12.4. The van der Waals surface area contributed by atoms with E-state index in [0.29, 0.717) is 43.1 Å². The molecule has 19 heavy (non-hydrogen) atoms. The highest BCUT2D eigenvalue weighted by Gasteiger charge is 2.34. The van der Waals surface area contributed by atoms with Gasteiger partial charge in [-0.15, -0.1) is 0 Å². The number of amides is 2. The molecule has 0 bridgehead atoms. The number of ether oxygens (including phenoxy) is 1. The van der Waals surface area contributed by atoms with Crippen molar-refractivity contribution in [1.82, 2.24) is 5.32 Å². The lowest BCUT2D eigenvalue weighted by Crippen LogP contribution is -2.47. The van der Waals surface area contributed by atoms with E-state index in [9.17, 15) is 9.59 Å². The third kappa shape index (κ3) is 1.99. The molecule has 1 aromatic rings. The van der Waals surface area contributed by atoms with E-state index in [1.165, 1.54) is 0 Å². The first kappa shape index (κ1) is 11.8. The van der Waals surface area contributed by atoms with E-state index in [1.54, 1.807) is 23.1 Å². The minimum atomic E-state index is -0.431. The molecule has 1 saturated heterocycles. The van der Waals surface area contributed by atoms with E-state index in [2.05, 4.69) is 5.32 Å². The van der Waals surface area contributed by atoms with Crippen molar-refractivity contribution < 1.29 is 14.3 Å². The fourth-order valence-electron chi connectivity index (χ4n) is 2.49. The number of para-hydroxylation sites is 1. The summed E-state index contributed by atoms with van der Waals surface area (Å²) in [6.07, 6.45) is 0.956. The second-order valence-corrected chi connectivity index (χ2v) is 4.69. The number of benzene rings is 1. The fraction of sp³-hybridized carbons (Fsp3) is 0.385. The number of anilines is 2. The number of rotatable bonds is 1. The SMILES string of the molecule is Nc1cccc2c1OCCN2C(=O)C1CCC(=O)N1. The number of carbonyl (C=O) groups is 2. The standard InChI is InChI=1S/C13H15N3O3/c14-8-2-1-3-10-12(8)19-7-6-16(10)13(18)9-4-5-11(17)15-9/h1-3,9H,4-7,14H2,(H,15,17). The lowest BCUT2D eigenvalue weighted by Gasteiger charge is -2.31. The van der Waals surface area contributed by atoms with E-state index in [0.717, 1.165) is 0 Å². The molecule has 2 aliphatic heterocycles. The van der Waals surface area contributed by atoms with Crippen LogP contribution in [0.4, 0.5) is 11.4 Å². The summed E-state index contributed by atoms with van der Waals surface area (Å²) in [6, 6.07) is 4.90. The smallest absolute Gasteiger partial charge is 0.249 e. The molecule has 1 aromatic carbocycles. The Morgan fingerprint density at radius 3 is 3.05 bits per heavy atom. The third-order valence-corrected chi connectivity index (χ3v) is 3.44. The van der Waals surface area contributed by atoms with Crippen LogP contribution >= 0.6 is 0 Å². The van der Waals surface area contributed by atoms with Crippen molar-refractivity contribution >= 4 is 23.2 Å². The van der Waals surface area contributed by atoms with Gasteiger partial charge in [0.25, 0.3) is 0 Å². The molecule has 6 nitrogen and oxygen atoms in total. The zero-order valence-electron chi connectivity index (χ0n) is 10.4. The number of nitrogens with one attached hydrogen (secondary N) is 1. The minimum absolute atomic E-state index is 0.0700. The Balaban J connectivity index is 1.89. The predicted molar refractivity (Wildman–Crippen MR) is 69.9 cm³/mol. The summed E-state index contributed by atoms with van der Waals surface area (Å²) in [7, 11) is 0. The Labute approximate surface area is 110 Å². The van der Waals surface area contributed by atoms with Crippen LogP contribution in [0.2, 0.25) is 0 Å². The molecule has 1 atom stereocenters. The van der Waals surface area contributed by atoms with E-state index < -0.39 is 6.04 Å². The van der Waals surface area contributed by atoms with Gasteiger partial charge in [-0.3, -0.25) is 9.59 Å². The van der Waals surface area contributed by atoms with Gasteiger partial charge in [-0.2, -0.15) is 0 Å². The molecule has 0 radical (unpaired) electrons. The zero-order valence-corrected chi connectivity index (χ0v) is 10.4. The van der Waals surface area contributed by atoms with Crippen LogP contribution in [0, 0.1) is 0 Å². The van der Waals surface area contributed by atoms with Crippen LogP contribution in [-0.4, -0.2) is 31.0 Å². The molecule has 0 saturated carbocycles. The molecule has 2 heterocycles. The number of hydrogen-bond acceptors (Lipinski definition) is 4. The van der Waals surface area contributed by atoms with Gasteiger partial charge < -0.3 is 20.7 Å². The van der Waals surface area contributed by atoms with Gasteiger partial charge >= 0.3 is 0 Å². The molecule has 3 rings (SSSR count). The highest BCUT2D eigenvalue weighted by Crippen LogP contribution is 2.37. The summed E-state index contributed by atoms with van der Waals surface area (Å²) >= 11 is 0. The lowest BCUT2D eigenvalue weighted by molar-refractivity contribution is -0.124. The number of nitrogen functional groups attached to an aromatic ring is 1. The molecule has 1 unspecified atom stereocenters. The van der Waals surface area contributed by atoms with Crippen LogP contribution < -0.4 is 20.7 Å². The molecule has 6 heteroatoms. The van der Waals surface area contributed by atoms with Gasteiger partial charge in [0.2, 0.25) is 11.8 Å². The molecule has 0 aliphatic carbocycles. The van der Waals surface area contributed by atoms with Crippen LogP contribution in [0.3, 0.4) is 0 Å². The topological polar surface area (TPSA) is 84.7 Å². The summed E-state index contributed by atoms with van der Waals surface area (Å²) in [4.78, 5) is 25.3. The molecular weight excluding hydrogens is 246 g/mol. The van der Waals surface area contributed by atoms with Crippen LogP contribution in [0.5, 0.6) is 5.75 Å². The highest BCUT2D eigenvalue weighted by atomic mass is 16.5. The normalized spacial score (nSPS) is 21.6. The predicted octanol–water partition coefficient (Wildman–Crippen LogP) is 0.273. The average molecular weight is 261 g/mol. The van der Waals surface area contributed by atoms with E-state index in [-0.39, 0.29) is 11.8 Å². The summed E-state index contributed by atoms with van der Waals surface area (Å²) in [6.45, 7) is 0.884. The van der Waals surface area contributed by atoms with Gasteiger partial charge in [-0.05, 0) is 18.6 Å². The van der Waals surface area contributed by atoms with E-state index in [4.69, 9.17) is 10.5 Å². The van der Waals surface area contributed by atoms with Gasteiger partial charge in [0.15, 0.2) is 5.75 Å². The van der Waals surface area contributed by atoms with Crippen LogP contribution in [0.25, 0.3) is 0 Å². The first-order valence-corrected chi connectivity index (χ1v) is 6.29. The van der Waals surface area contributed by atoms with Crippen LogP contribution in [0.15, 0.2) is 18.2 Å². The molecule has 0 aromatic heterocycles. The monoisotopic (exact) mass is 261 g/mol. The van der Waals surface area contributed by atoms with Crippen molar-refractivity contribution in [3.05, 3.63) is 18.2 Å². The lowest BCUT2D eigenvalue weighted by atomic mass is 10.1. The van der Waals surface area contributed by atoms with E-state index in [1.807, 2.05) is 0 Å². The van der Waals surface area contributed by atoms with Gasteiger partial charge in [0, 0.05) is 6.42 Å². The van der Waals surface area contributed by atoms with E-state index >= 15 is 0 Å². The number of hydrogen-bond donors (Lipinski definition) is 2. The highest BCUT2D eigenvalue weighted by molar-refractivity contribution is 6.02. The first-order chi connectivity index (χ1) is 9.16. The van der Waals surface area contributed by atoms with Crippen molar-refractivity contribution in [2.45, 2.75) is 18.9 Å². The molecule has 3 N–H and O–H groups in total. The Morgan fingerprint density at radius 1 is 1.47 bits per heavy atom. The second-order valence-electron chi connectivity index (χ2n) is 4.69. The summed E-state index contributed by atoms with van der Waals surface area (Å²) < 4.78 is 5.51. The maximum atomic E-state index is 12.4. The van der Waals surface area contributed by atoms with Gasteiger partial charge in [-0.1, -0.05) is 6.07 Å². The quantitative estimate of drug-likeness (QED) is 0.711. The molecule has 100 valence electrons. The molecular formula is C13H15N3O3. The van der Waals surface area contributed by atoms with Crippen molar-refractivity contribution in [2.24, 2.45) is 0 Å². The van der Waals surface area contributed by atoms with Gasteiger partial charge in [0.05, 0.1) is 17.9 Å². The molecule has 1 fully saturated rings. The summed E-state index contributed by atoms with van der Waals surface area (Å²) in [5.74, 6) is 0.381. The first-order valence-electron chi connectivity index (χ1n) is 6.29. The van der Waals surface area contributed by atoms with Crippen molar-refractivity contribution in [1.29, 1.82) is 0 Å². The molecule has 0 spiro atoms. The summed E-state index contributed by atoms with van der Waals surface area (Å²) in [5, 5.41) is 2.69. The van der Waals surface area contributed by atoms with Gasteiger partial charge in [-0.25, -0.2) is 0 Å². The number of nitrogens with two attached hydrogens (primary N) is 1. The Kier molecular flexibility index (Phi) is 2.77. The zero-order chi connectivity index (χ0) is 13.4. The van der Waals surface area contributed by atoms with Crippen molar-refractivity contribution in [3.8, 4) is 5.75 Å². The number of fused-ring (bicyclic) bond motifs is 1. The Bertz CT molecular complexity index is 544. The Morgan fingerprint density at radius 2 is 2.32 bits per heavy atom. The number of nitrogens with zero attached hydrogens (tertiary/aromatic N) is 1. The average Bonchev–Trinajstić information content (AvgIpc) is 2.85. The van der Waals surface area contributed by atoms with Crippen molar-refractivity contribution in [3.63, 3.8) is 0 Å². The minimum Gasteiger partial charge on any atom is -0.487 e. The summed E-state index contributed by atoms with van der Waals surface area (Å²) in [5.41, 5.74) is 7.04. The van der Waals surface area contributed by atoms with Crippen LogP contribution in [0.1, 0.15) is 12.8 Å². The second kappa shape index (κ2) is 4.46. The van der Waals surface area contributed by atoms with Gasteiger partial charge in [0.1, 0.15) is 12.6 Å². The van der Waals surface area contributed by atoms with Crippen LogP contribution in [-0.2, 0) is 9.59 Å².